The summed E-state index contributed by atoms with van der Waals surface area (Å²) in [5.74, 6) is -1.04. The minimum Gasteiger partial charge on any atom is -0.481 e. The highest BCUT2D eigenvalue weighted by Crippen LogP contribution is 2.28. The molecule has 1 saturated heterocycles. The molecule has 0 saturated carbocycles. The van der Waals surface area contributed by atoms with Crippen molar-refractivity contribution in [2.45, 2.75) is 32.2 Å². The van der Waals surface area contributed by atoms with Gasteiger partial charge in [-0.3, -0.25) is 9.59 Å². The van der Waals surface area contributed by atoms with Gasteiger partial charge in [0.1, 0.15) is 0 Å². The molecule has 0 spiro atoms. The first kappa shape index (κ1) is 12.0. The Morgan fingerprint density at radius 2 is 2.20 bits per heavy atom. The van der Waals surface area contributed by atoms with E-state index < -0.39 is 11.5 Å². The Morgan fingerprint density at radius 3 is 2.60 bits per heavy atom. The fourth-order valence-electron chi connectivity index (χ4n) is 1.95. The van der Waals surface area contributed by atoms with Crippen LogP contribution >= 0.6 is 0 Å². The SMILES string of the molecule is CC(C)(CC(=O)O)N1CC(CO)CC1=O. The second kappa shape index (κ2) is 4.18. The summed E-state index contributed by atoms with van der Waals surface area (Å²) in [6.07, 6.45) is 0.246. The van der Waals surface area contributed by atoms with Crippen molar-refractivity contribution in [2.24, 2.45) is 5.92 Å². The Morgan fingerprint density at radius 1 is 1.60 bits per heavy atom. The predicted octanol–water partition coefficient (Wildman–Crippen LogP) is 0.0805. The number of carbonyl (C=O) groups is 2. The van der Waals surface area contributed by atoms with E-state index in [1.807, 2.05) is 0 Å². The van der Waals surface area contributed by atoms with Crippen LogP contribution in [0.4, 0.5) is 0 Å². The number of nitrogens with zero attached hydrogens (tertiary/aromatic N) is 1. The van der Waals surface area contributed by atoms with Crippen LogP contribution in [0.3, 0.4) is 0 Å². The molecular weight excluding hydrogens is 198 g/mol. The van der Waals surface area contributed by atoms with Gasteiger partial charge in [0.25, 0.3) is 0 Å². The minimum atomic E-state index is -0.916. The fraction of sp³-hybridized carbons (Fsp3) is 0.800. The standard InChI is InChI=1S/C10H17NO4/c1-10(2,4-9(14)15)11-5-7(6-12)3-8(11)13/h7,12H,3-6H2,1-2H3,(H,14,15). The van der Waals surface area contributed by atoms with E-state index in [0.29, 0.717) is 13.0 Å². The summed E-state index contributed by atoms with van der Waals surface area (Å²) in [4.78, 5) is 23.8. The van der Waals surface area contributed by atoms with Crippen LogP contribution in [0.2, 0.25) is 0 Å². The van der Waals surface area contributed by atoms with Crippen molar-refractivity contribution in [3.63, 3.8) is 0 Å². The number of hydrogen-bond acceptors (Lipinski definition) is 3. The first-order chi connectivity index (χ1) is 6.86. The maximum Gasteiger partial charge on any atom is 0.305 e. The van der Waals surface area contributed by atoms with Crippen molar-refractivity contribution in [2.75, 3.05) is 13.2 Å². The lowest BCUT2D eigenvalue weighted by atomic mass is 9.98. The van der Waals surface area contributed by atoms with Gasteiger partial charge >= 0.3 is 5.97 Å². The van der Waals surface area contributed by atoms with Crippen LogP contribution in [-0.2, 0) is 9.59 Å². The van der Waals surface area contributed by atoms with Crippen LogP contribution in [0.1, 0.15) is 26.7 Å². The molecule has 5 heteroatoms. The number of carbonyl (C=O) groups excluding carboxylic acids is 1. The van der Waals surface area contributed by atoms with Gasteiger partial charge in [-0.25, -0.2) is 0 Å². The molecule has 1 aliphatic rings. The zero-order valence-corrected chi connectivity index (χ0v) is 9.06. The van der Waals surface area contributed by atoms with E-state index in [1.54, 1.807) is 18.7 Å². The van der Waals surface area contributed by atoms with Crippen LogP contribution in [0.25, 0.3) is 0 Å². The molecule has 1 atom stereocenters. The van der Waals surface area contributed by atoms with Crippen molar-refractivity contribution in [3.8, 4) is 0 Å². The fourth-order valence-corrected chi connectivity index (χ4v) is 1.95. The summed E-state index contributed by atoms with van der Waals surface area (Å²) in [6, 6.07) is 0. The van der Waals surface area contributed by atoms with Crippen molar-refractivity contribution in [3.05, 3.63) is 0 Å². The Hall–Kier alpha value is -1.10. The summed E-state index contributed by atoms with van der Waals surface area (Å²) in [5, 5.41) is 17.7. The van der Waals surface area contributed by atoms with Crippen LogP contribution < -0.4 is 0 Å². The third kappa shape index (κ3) is 2.68. The van der Waals surface area contributed by atoms with Gasteiger partial charge in [-0.15, -0.1) is 0 Å². The Labute approximate surface area is 88.7 Å². The molecule has 5 nitrogen and oxygen atoms in total. The molecule has 15 heavy (non-hydrogen) atoms. The monoisotopic (exact) mass is 215 g/mol. The summed E-state index contributed by atoms with van der Waals surface area (Å²) in [6.45, 7) is 3.90. The largest absolute Gasteiger partial charge is 0.481 e. The lowest BCUT2D eigenvalue weighted by molar-refractivity contribution is -0.142. The number of hydrogen-bond donors (Lipinski definition) is 2. The van der Waals surface area contributed by atoms with Gasteiger partial charge < -0.3 is 15.1 Å². The molecule has 1 unspecified atom stereocenters. The first-order valence-electron chi connectivity index (χ1n) is 5.00. The van der Waals surface area contributed by atoms with Gasteiger partial charge in [-0.2, -0.15) is 0 Å². The summed E-state index contributed by atoms with van der Waals surface area (Å²) in [7, 11) is 0. The first-order valence-corrected chi connectivity index (χ1v) is 5.00. The average Bonchev–Trinajstić information content (AvgIpc) is 2.45. The third-order valence-electron chi connectivity index (χ3n) is 2.78. The van der Waals surface area contributed by atoms with Crippen LogP contribution in [0, 0.1) is 5.92 Å². The number of amides is 1. The zero-order valence-electron chi connectivity index (χ0n) is 9.06. The topological polar surface area (TPSA) is 77.8 Å². The lowest BCUT2D eigenvalue weighted by Crippen LogP contribution is -2.46. The highest BCUT2D eigenvalue weighted by atomic mass is 16.4. The summed E-state index contributed by atoms with van der Waals surface area (Å²) >= 11 is 0. The molecule has 1 aliphatic heterocycles. The van der Waals surface area contributed by atoms with E-state index in [1.165, 1.54) is 0 Å². The number of carboxylic acid groups (broad SMARTS) is 1. The minimum absolute atomic E-state index is 0.0224. The van der Waals surface area contributed by atoms with Crippen LogP contribution in [0.5, 0.6) is 0 Å². The van der Waals surface area contributed by atoms with E-state index in [4.69, 9.17) is 10.2 Å². The number of aliphatic hydroxyl groups is 1. The quantitative estimate of drug-likeness (QED) is 0.696. The van der Waals surface area contributed by atoms with Gasteiger partial charge in [0.2, 0.25) is 5.91 Å². The van der Waals surface area contributed by atoms with E-state index >= 15 is 0 Å². The molecule has 1 amide bonds. The number of likely N-dealkylation sites (tertiary alicyclic amines) is 1. The summed E-state index contributed by atoms with van der Waals surface area (Å²) < 4.78 is 0. The number of aliphatic hydroxyl groups excluding tert-OH is 1. The van der Waals surface area contributed by atoms with Crippen molar-refractivity contribution < 1.29 is 19.8 Å². The molecule has 1 rings (SSSR count). The maximum absolute atomic E-state index is 11.6. The molecule has 0 aromatic carbocycles. The van der Waals surface area contributed by atoms with Crippen molar-refractivity contribution in [1.29, 1.82) is 0 Å². The number of aliphatic carboxylic acids is 1. The zero-order chi connectivity index (χ0) is 11.6. The second-order valence-electron chi connectivity index (χ2n) is 4.64. The van der Waals surface area contributed by atoms with Gasteiger partial charge in [-0.1, -0.05) is 0 Å². The van der Waals surface area contributed by atoms with E-state index in [0.717, 1.165) is 0 Å². The Kier molecular flexibility index (Phi) is 3.34. The molecule has 0 aromatic rings. The van der Waals surface area contributed by atoms with Crippen LogP contribution in [0.15, 0.2) is 0 Å². The second-order valence-corrected chi connectivity index (χ2v) is 4.64. The number of carboxylic acids is 1. The molecular formula is C10H17NO4. The molecule has 86 valence electrons. The van der Waals surface area contributed by atoms with Crippen LogP contribution in [-0.4, -0.2) is 45.7 Å². The van der Waals surface area contributed by atoms with E-state index in [2.05, 4.69) is 0 Å². The number of rotatable bonds is 4. The van der Waals surface area contributed by atoms with E-state index in [-0.39, 0.29) is 24.9 Å². The highest BCUT2D eigenvalue weighted by Gasteiger charge is 2.39. The predicted molar refractivity (Wildman–Crippen MR) is 53.2 cm³/mol. The lowest BCUT2D eigenvalue weighted by Gasteiger charge is -2.34. The smallest absolute Gasteiger partial charge is 0.305 e. The molecule has 0 aliphatic carbocycles. The van der Waals surface area contributed by atoms with E-state index in [9.17, 15) is 9.59 Å². The van der Waals surface area contributed by atoms with Crippen molar-refractivity contribution in [1.82, 2.24) is 4.90 Å². The summed E-state index contributed by atoms with van der Waals surface area (Å²) in [5.41, 5.74) is -0.674. The Bertz CT molecular complexity index is 275. The average molecular weight is 215 g/mol. The highest BCUT2D eigenvalue weighted by molar-refractivity contribution is 5.80. The molecule has 0 aromatic heterocycles. The normalized spacial score (nSPS) is 22.2. The molecule has 1 heterocycles. The van der Waals surface area contributed by atoms with Gasteiger partial charge in [-0.05, 0) is 13.8 Å². The van der Waals surface area contributed by atoms with Gasteiger partial charge in [0.15, 0.2) is 0 Å². The molecule has 2 N–H and O–H groups in total. The third-order valence-corrected chi connectivity index (χ3v) is 2.78. The van der Waals surface area contributed by atoms with Gasteiger partial charge in [0.05, 0.1) is 6.42 Å². The Balaban J connectivity index is 2.71. The molecule has 0 radical (unpaired) electrons. The van der Waals surface area contributed by atoms with Crippen molar-refractivity contribution >= 4 is 11.9 Å². The maximum atomic E-state index is 11.6. The molecule has 1 fully saturated rings. The van der Waals surface area contributed by atoms with Gasteiger partial charge in [0, 0.05) is 31.0 Å². The molecule has 0 bridgehead atoms.